The van der Waals surface area contributed by atoms with Crippen LogP contribution >= 0.6 is 0 Å². The Labute approximate surface area is 150 Å². The van der Waals surface area contributed by atoms with E-state index in [-0.39, 0.29) is 11.8 Å². The molecule has 1 aliphatic carbocycles. The van der Waals surface area contributed by atoms with Crippen molar-refractivity contribution in [3.8, 4) is 12.1 Å². The zero-order valence-electron chi connectivity index (χ0n) is 14.0. The maximum Gasteiger partial charge on any atom is 0.247 e. The molecule has 1 N–H and O–H groups in total. The van der Waals surface area contributed by atoms with E-state index in [9.17, 15) is 10.1 Å². The highest BCUT2D eigenvalue weighted by atomic mass is 16.2. The van der Waals surface area contributed by atoms with Gasteiger partial charge < -0.3 is 10.2 Å². The van der Waals surface area contributed by atoms with Crippen molar-refractivity contribution in [3.63, 3.8) is 0 Å². The molecule has 2 fully saturated rings. The molecule has 0 unspecified atom stereocenters. The number of hydrogen-bond acceptors (Lipinski definition) is 6. The minimum absolute atomic E-state index is 0.107. The second-order valence-corrected chi connectivity index (χ2v) is 6.63. The lowest BCUT2D eigenvalue weighted by Gasteiger charge is -2.21. The number of aromatic nitrogens is 2. The molecule has 1 amide bonds. The Hall–Kier alpha value is -3.45. The van der Waals surface area contributed by atoms with Gasteiger partial charge in [0.2, 0.25) is 5.91 Å². The molecule has 1 aliphatic heterocycles. The van der Waals surface area contributed by atoms with Crippen molar-refractivity contribution in [1.29, 1.82) is 10.5 Å². The Kier molecular flexibility index (Phi) is 3.78. The SMILES string of the molecule is N#Cc1ccnc(Nc2cc(N3CC[C@@](C#N)(C4CC4)C3=O)ccn2)c1. The summed E-state index contributed by atoms with van der Waals surface area (Å²) in [5.41, 5.74) is 0.345. The molecule has 4 rings (SSSR count). The molecule has 0 aromatic carbocycles. The largest absolute Gasteiger partial charge is 0.325 e. The zero-order chi connectivity index (χ0) is 18.1. The molecule has 7 heteroatoms. The van der Waals surface area contributed by atoms with Gasteiger partial charge in [0.05, 0.1) is 17.7 Å². The molecule has 1 atom stereocenters. The maximum absolute atomic E-state index is 12.9. The van der Waals surface area contributed by atoms with Gasteiger partial charge in [-0.25, -0.2) is 9.97 Å². The van der Waals surface area contributed by atoms with Crippen LogP contribution in [0.5, 0.6) is 0 Å². The van der Waals surface area contributed by atoms with E-state index in [0.29, 0.717) is 35.9 Å². The van der Waals surface area contributed by atoms with Crippen LogP contribution in [0.25, 0.3) is 0 Å². The second kappa shape index (κ2) is 6.12. The van der Waals surface area contributed by atoms with Gasteiger partial charge in [-0.05, 0) is 43.4 Å². The minimum atomic E-state index is -0.862. The van der Waals surface area contributed by atoms with Gasteiger partial charge in [0, 0.05) is 30.7 Å². The van der Waals surface area contributed by atoms with Gasteiger partial charge in [0.25, 0.3) is 0 Å². The molecule has 0 radical (unpaired) electrons. The number of hydrogen-bond donors (Lipinski definition) is 1. The molecule has 2 aromatic rings. The highest BCUT2D eigenvalue weighted by molar-refractivity contribution is 6.02. The number of nitrogens with one attached hydrogen (secondary N) is 1. The summed E-state index contributed by atoms with van der Waals surface area (Å²) in [6.07, 6.45) is 5.65. The van der Waals surface area contributed by atoms with E-state index in [1.807, 2.05) is 0 Å². The first-order valence-electron chi connectivity index (χ1n) is 8.49. The predicted octanol–water partition coefficient (Wildman–Crippen LogP) is 2.75. The average molecular weight is 344 g/mol. The molecule has 26 heavy (non-hydrogen) atoms. The Morgan fingerprint density at radius 1 is 1.15 bits per heavy atom. The van der Waals surface area contributed by atoms with Crippen molar-refractivity contribution in [2.75, 3.05) is 16.8 Å². The monoisotopic (exact) mass is 344 g/mol. The Morgan fingerprint density at radius 2 is 1.88 bits per heavy atom. The predicted molar refractivity (Wildman–Crippen MR) is 94.2 cm³/mol. The van der Waals surface area contributed by atoms with Crippen molar-refractivity contribution in [3.05, 3.63) is 42.2 Å². The number of anilines is 3. The van der Waals surface area contributed by atoms with Gasteiger partial charge in [-0.15, -0.1) is 0 Å². The Bertz CT molecular complexity index is 955. The molecule has 2 aliphatic rings. The number of rotatable bonds is 4. The van der Waals surface area contributed by atoms with Crippen LogP contribution in [0.4, 0.5) is 17.3 Å². The molecule has 1 saturated heterocycles. The summed E-state index contributed by atoms with van der Waals surface area (Å²) in [7, 11) is 0. The topological polar surface area (TPSA) is 106 Å². The van der Waals surface area contributed by atoms with Crippen molar-refractivity contribution >= 4 is 23.2 Å². The van der Waals surface area contributed by atoms with E-state index in [0.717, 1.165) is 12.8 Å². The molecule has 0 bridgehead atoms. The second-order valence-electron chi connectivity index (χ2n) is 6.63. The standard InChI is InChI=1S/C19H16N6O/c20-11-13-3-6-22-16(9-13)24-17-10-15(4-7-23-17)25-8-5-19(12-21,18(25)26)14-1-2-14/h3-4,6-7,9-10,14H,1-2,5,8H2,(H,22,23,24)/t19-/m1/s1. The third-order valence-corrected chi connectivity index (χ3v) is 5.03. The van der Waals surface area contributed by atoms with Crippen molar-refractivity contribution < 1.29 is 4.79 Å². The van der Waals surface area contributed by atoms with Crippen LogP contribution in [0.2, 0.25) is 0 Å². The first kappa shape index (κ1) is 16.0. The van der Waals surface area contributed by atoms with Gasteiger partial charge >= 0.3 is 0 Å². The maximum atomic E-state index is 12.9. The number of nitriles is 2. The molecule has 7 nitrogen and oxygen atoms in total. The van der Waals surface area contributed by atoms with Crippen LogP contribution in [0.3, 0.4) is 0 Å². The molecule has 3 heterocycles. The van der Waals surface area contributed by atoms with Gasteiger partial charge in [0.15, 0.2) is 0 Å². The summed E-state index contributed by atoms with van der Waals surface area (Å²) in [5, 5.41) is 21.6. The molecule has 128 valence electrons. The van der Waals surface area contributed by atoms with E-state index in [4.69, 9.17) is 5.26 Å². The molecule has 0 spiro atoms. The van der Waals surface area contributed by atoms with Crippen LogP contribution in [-0.4, -0.2) is 22.4 Å². The van der Waals surface area contributed by atoms with Crippen molar-refractivity contribution in [2.24, 2.45) is 11.3 Å². The third kappa shape index (κ3) is 2.64. The van der Waals surface area contributed by atoms with Gasteiger partial charge in [-0.1, -0.05) is 0 Å². The smallest absolute Gasteiger partial charge is 0.247 e. The number of carbonyl (C=O) groups is 1. The molecular weight excluding hydrogens is 328 g/mol. The highest BCUT2D eigenvalue weighted by Gasteiger charge is 2.56. The highest BCUT2D eigenvalue weighted by Crippen LogP contribution is 2.51. The summed E-state index contributed by atoms with van der Waals surface area (Å²) < 4.78 is 0. The van der Waals surface area contributed by atoms with Crippen LogP contribution in [0.15, 0.2) is 36.7 Å². The first-order chi connectivity index (χ1) is 12.7. The quantitative estimate of drug-likeness (QED) is 0.914. The van der Waals surface area contributed by atoms with E-state index >= 15 is 0 Å². The van der Waals surface area contributed by atoms with Gasteiger partial charge in [-0.3, -0.25) is 4.79 Å². The lowest BCUT2D eigenvalue weighted by Crippen LogP contribution is -2.35. The van der Waals surface area contributed by atoms with Crippen LogP contribution < -0.4 is 10.2 Å². The van der Waals surface area contributed by atoms with Crippen LogP contribution in [-0.2, 0) is 4.79 Å². The minimum Gasteiger partial charge on any atom is -0.325 e. The van der Waals surface area contributed by atoms with E-state index < -0.39 is 5.41 Å². The zero-order valence-corrected chi connectivity index (χ0v) is 14.0. The van der Waals surface area contributed by atoms with Crippen molar-refractivity contribution in [2.45, 2.75) is 19.3 Å². The summed E-state index contributed by atoms with van der Waals surface area (Å²) >= 11 is 0. The Morgan fingerprint density at radius 3 is 2.58 bits per heavy atom. The summed E-state index contributed by atoms with van der Waals surface area (Å²) in [6, 6.07) is 11.1. The molecule has 1 saturated carbocycles. The molecule has 2 aromatic heterocycles. The average Bonchev–Trinajstić information content (AvgIpc) is 3.46. The summed E-state index contributed by atoms with van der Waals surface area (Å²) in [4.78, 5) is 23.0. The van der Waals surface area contributed by atoms with Crippen molar-refractivity contribution in [1.82, 2.24) is 9.97 Å². The normalized spacial score (nSPS) is 21.9. The van der Waals surface area contributed by atoms with E-state index in [2.05, 4.69) is 27.4 Å². The number of amides is 1. The van der Waals surface area contributed by atoms with Gasteiger partial charge in [0.1, 0.15) is 17.1 Å². The summed E-state index contributed by atoms with van der Waals surface area (Å²) in [5.74, 6) is 1.12. The van der Waals surface area contributed by atoms with E-state index in [1.54, 1.807) is 41.6 Å². The number of pyridine rings is 2. The third-order valence-electron chi connectivity index (χ3n) is 5.03. The number of nitrogens with zero attached hydrogens (tertiary/aromatic N) is 5. The van der Waals surface area contributed by atoms with E-state index in [1.165, 1.54) is 0 Å². The summed E-state index contributed by atoms with van der Waals surface area (Å²) in [6.45, 7) is 0.536. The van der Waals surface area contributed by atoms with Crippen LogP contribution in [0.1, 0.15) is 24.8 Å². The fourth-order valence-electron chi connectivity index (χ4n) is 3.49. The lowest BCUT2D eigenvalue weighted by molar-refractivity contribution is -0.123. The fourth-order valence-corrected chi connectivity index (χ4v) is 3.49. The Balaban J connectivity index is 1.58. The fraction of sp³-hybridized carbons (Fsp3) is 0.316. The number of carbonyl (C=O) groups excluding carboxylic acids is 1. The van der Waals surface area contributed by atoms with Crippen LogP contribution in [0, 0.1) is 34.0 Å². The lowest BCUT2D eigenvalue weighted by atomic mass is 9.83. The van der Waals surface area contributed by atoms with Gasteiger partial charge in [-0.2, -0.15) is 10.5 Å². The first-order valence-corrected chi connectivity index (χ1v) is 8.49. The molecular formula is C19H16N6O.